The Bertz CT molecular complexity index is 235. The summed E-state index contributed by atoms with van der Waals surface area (Å²) in [6, 6.07) is 0. The second-order valence-corrected chi connectivity index (χ2v) is 2.85. The van der Waals surface area contributed by atoms with Crippen LogP contribution in [0.2, 0.25) is 0 Å². The van der Waals surface area contributed by atoms with E-state index in [1.165, 1.54) is 0 Å². The van der Waals surface area contributed by atoms with Crippen LogP contribution in [0.5, 0.6) is 0 Å². The molecule has 1 aliphatic carbocycles. The van der Waals surface area contributed by atoms with Crippen LogP contribution in [0.25, 0.3) is 0 Å². The van der Waals surface area contributed by atoms with Crippen molar-refractivity contribution in [3.8, 4) is 0 Å². The van der Waals surface area contributed by atoms with E-state index in [0.29, 0.717) is 23.6 Å². The van der Waals surface area contributed by atoms with Crippen molar-refractivity contribution in [1.82, 2.24) is 5.32 Å². The molecule has 0 bridgehead atoms. The Morgan fingerprint density at radius 3 is 3.17 bits per heavy atom. The van der Waals surface area contributed by atoms with Gasteiger partial charge in [-0.15, -0.1) is 0 Å². The zero-order valence-corrected chi connectivity index (χ0v) is 7.47. The first-order valence-electron chi connectivity index (χ1n) is 3.58. The number of carbonyl (C=O) groups is 1. The Morgan fingerprint density at radius 1 is 1.83 bits per heavy atom. The Hall–Kier alpha value is -0.800. The van der Waals surface area contributed by atoms with Gasteiger partial charge in [0.2, 0.25) is 6.41 Å². The Balaban J connectivity index is 2.72. The predicted molar refractivity (Wildman–Crippen MR) is 46.6 cm³/mol. The fourth-order valence-corrected chi connectivity index (χ4v) is 1.28. The highest BCUT2D eigenvalue weighted by Gasteiger charge is 2.15. The Morgan fingerprint density at radius 2 is 2.58 bits per heavy atom. The summed E-state index contributed by atoms with van der Waals surface area (Å²) in [6.45, 7) is 0. The lowest BCUT2D eigenvalue weighted by atomic mass is 10.1. The molecule has 0 fully saturated rings. The average molecular weight is 188 g/mol. The summed E-state index contributed by atoms with van der Waals surface area (Å²) < 4.78 is 5.11. The summed E-state index contributed by atoms with van der Waals surface area (Å²) in [6.07, 6.45) is 4.77. The minimum absolute atomic E-state index is 0.0855. The smallest absolute Gasteiger partial charge is 0.211 e. The number of carbonyl (C=O) groups excluding carboxylic acids is 1. The standard InChI is InChI=1S/C8H10ClNO2/c1-12-8-3-2-6(9)4-7(8)10-5-11/h2,4-5,8H,3H2,1H3,(H,10,11). The molecule has 1 N–H and O–H groups in total. The van der Waals surface area contributed by atoms with Crippen LogP contribution in [-0.2, 0) is 9.53 Å². The summed E-state index contributed by atoms with van der Waals surface area (Å²) >= 11 is 5.74. The molecule has 0 aliphatic heterocycles. The molecule has 0 spiro atoms. The van der Waals surface area contributed by atoms with Gasteiger partial charge >= 0.3 is 0 Å². The second-order valence-electron chi connectivity index (χ2n) is 2.41. The number of amides is 1. The topological polar surface area (TPSA) is 38.3 Å². The van der Waals surface area contributed by atoms with Gasteiger partial charge in [0.15, 0.2) is 0 Å². The molecule has 1 amide bonds. The van der Waals surface area contributed by atoms with Crippen LogP contribution in [0.1, 0.15) is 6.42 Å². The fraction of sp³-hybridized carbons (Fsp3) is 0.375. The highest BCUT2D eigenvalue weighted by atomic mass is 35.5. The molecule has 0 aromatic rings. The zero-order valence-electron chi connectivity index (χ0n) is 6.71. The van der Waals surface area contributed by atoms with Crippen LogP contribution in [0, 0.1) is 0 Å². The molecule has 0 aromatic heterocycles. The van der Waals surface area contributed by atoms with E-state index in [4.69, 9.17) is 16.3 Å². The van der Waals surface area contributed by atoms with Crippen molar-refractivity contribution in [2.24, 2.45) is 0 Å². The number of nitrogens with one attached hydrogen (secondary N) is 1. The molecule has 0 radical (unpaired) electrons. The third-order valence-corrected chi connectivity index (χ3v) is 1.94. The largest absolute Gasteiger partial charge is 0.375 e. The summed E-state index contributed by atoms with van der Waals surface area (Å²) in [5, 5.41) is 3.18. The molecule has 1 atom stereocenters. The Labute approximate surface area is 76.0 Å². The van der Waals surface area contributed by atoms with Gasteiger partial charge in [0.1, 0.15) is 6.10 Å². The first-order chi connectivity index (χ1) is 5.77. The van der Waals surface area contributed by atoms with Gasteiger partial charge < -0.3 is 10.1 Å². The number of halogens is 1. The van der Waals surface area contributed by atoms with E-state index in [9.17, 15) is 4.79 Å². The van der Waals surface area contributed by atoms with Crippen molar-refractivity contribution in [3.05, 3.63) is 22.9 Å². The zero-order chi connectivity index (χ0) is 8.97. The fourth-order valence-electron chi connectivity index (χ4n) is 1.07. The molecule has 4 heteroatoms. The molecule has 1 rings (SSSR count). The van der Waals surface area contributed by atoms with Gasteiger partial charge in [0.25, 0.3) is 0 Å². The minimum Gasteiger partial charge on any atom is -0.375 e. The monoisotopic (exact) mass is 187 g/mol. The Kier molecular flexibility index (Phi) is 3.31. The first kappa shape index (κ1) is 9.29. The van der Waals surface area contributed by atoms with E-state index in [1.807, 2.05) is 6.08 Å². The third kappa shape index (κ3) is 2.09. The van der Waals surface area contributed by atoms with Gasteiger partial charge in [-0.1, -0.05) is 17.7 Å². The lowest BCUT2D eigenvalue weighted by Gasteiger charge is -2.19. The number of allylic oxidation sites excluding steroid dienone is 2. The molecule has 0 aromatic carbocycles. The predicted octanol–water partition coefficient (Wildman–Crippen LogP) is 1.16. The van der Waals surface area contributed by atoms with Gasteiger partial charge in [-0.05, 0) is 12.5 Å². The molecule has 0 heterocycles. The lowest BCUT2D eigenvalue weighted by Crippen LogP contribution is -2.26. The maximum Gasteiger partial charge on any atom is 0.211 e. The van der Waals surface area contributed by atoms with Crippen molar-refractivity contribution in [2.75, 3.05) is 7.11 Å². The van der Waals surface area contributed by atoms with Crippen molar-refractivity contribution < 1.29 is 9.53 Å². The van der Waals surface area contributed by atoms with Crippen LogP contribution in [0.4, 0.5) is 0 Å². The quantitative estimate of drug-likeness (QED) is 0.674. The molecule has 0 saturated heterocycles. The van der Waals surface area contributed by atoms with Crippen LogP contribution >= 0.6 is 11.6 Å². The van der Waals surface area contributed by atoms with Crippen molar-refractivity contribution in [3.63, 3.8) is 0 Å². The third-order valence-electron chi connectivity index (χ3n) is 1.68. The van der Waals surface area contributed by atoms with Gasteiger partial charge in [0.05, 0.1) is 0 Å². The number of hydrogen-bond acceptors (Lipinski definition) is 2. The van der Waals surface area contributed by atoms with E-state index < -0.39 is 0 Å². The first-order valence-corrected chi connectivity index (χ1v) is 3.96. The van der Waals surface area contributed by atoms with Crippen LogP contribution in [0.15, 0.2) is 22.9 Å². The molecule has 66 valence electrons. The second kappa shape index (κ2) is 4.28. The molecule has 12 heavy (non-hydrogen) atoms. The lowest BCUT2D eigenvalue weighted by molar-refractivity contribution is -0.109. The van der Waals surface area contributed by atoms with Crippen LogP contribution in [0.3, 0.4) is 0 Å². The summed E-state index contributed by atoms with van der Waals surface area (Å²) in [4.78, 5) is 10.2. The van der Waals surface area contributed by atoms with E-state index in [2.05, 4.69) is 5.32 Å². The van der Waals surface area contributed by atoms with Crippen molar-refractivity contribution in [1.29, 1.82) is 0 Å². The van der Waals surface area contributed by atoms with E-state index in [-0.39, 0.29) is 6.10 Å². The molecule has 0 saturated carbocycles. The minimum atomic E-state index is -0.0855. The van der Waals surface area contributed by atoms with Crippen molar-refractivity contribution >= 4 is 18.0 Å². The number of methoxy groups -OCH3 is 1. The number of hydrogen-bond donors (Lipinski definition) is 1. The maximum absolute atomic E-state index is 10.2. The van der Waals surface area contributed by atoms with Crippen LogP contribution in [-0.4, -0.2) is 19.6 Å². The SMILES string of the molecule is COC1CC=C(Cl)C=C1NC=O. The van der Waals surface area contributed by atoms with Gasteiger partial charge in [0, 0.05) is 17.8 Å². The highest BCUT2D eigenvalue weighted by molar-refractivity contribution is 6.31. The van der Waals surface area contributed by atoms with Gasteiger partial charge in [-0.25, -0.2) is 0 Å². The average Bonchev–Trinajstić information content (AvgIpc) is 2.05. The number of ether oxygens (including phenoxy) is 1. The maximum atomic E-state index is 10.2. The van der Waals surface area contributed by atoms with Crippen molar-refractivity contribution in [2.45, 2.75) is 12.5 Å². The highest BCUT2D eigenvalue weighted by Crippen LogP contribution is 2.20. The number of rotatable bonds is 3. The van der Waals surface area contributed by atoms with E-state index >= 15 is 0 Å². The van der Waals surface area contributed by atoms with E-state index in [1.54, 1.807) is 13.2 Å². The van der Waals surface area contributed by atoms with Crippen LogP contribution < -0.4 is 5.32 Å². The van der Waals surface area contributed by atoms with Gasteiger partial charge in [-0.3, -0.25) is 4.79 Å². The summed E-state index contributed by atoms with van der Waals surface area (Å²) in [7, 11) is 1.60. The molecular weight excluding hydrogens is 178 g/mol. The molecular formula is C8H10ClNO2. The molecule has 3 nitrogen and oxygen atoms in total. The van der Waals surface area contributed by atoms with Gasteiger partial charge in [-0.2, -0.15) is 0 Å². The normalized spacial score (nSPS) is 22.7. The molecule has 1 unspecified atom stereocenters. The summed E-state index contributed by atoms with van der Waals surface area (Å²) in [5.41, 5.74) is 0.708. The molecule has 1 aliphatic rings. The summed E-state index contributed by atoms with van der Waals surface area (Å²) in [5.74, 6) is 0. The van der Waals surface area contributed by atoms with E-state index in [0.717, 1.165) is 0 Å².